The van der Waals surface area contributed by atoms with Crippen molar-refractivity contribution in [2.24, 2.45) is 5.73 Å². The minimum atomic E-state index is -1.33. The molecule has 10 heteroatoms. The first-order chi connectivity index (χ1) is 15.8. The lowest BCUT2D eigenvalue weighted by atomic mass is 10.2. The van der Waals surface area contributed by atoms with E-state index in [0.29, 0.717) is 12.2 Å². The van der Waals surface area contributed by atoms with Crippen LogP contribution in [0.15, 0.2) is 54.6 Å². The molecule has 33 heavy (non-hydrogen) atoms. The monoisotopic (exact) mass is 454 g/mol. The highest BCUT2D eigenvalue weighted by Gasteiger charge is 2.43. The van der Waals surface area contributed by atoms with Crippen molar-refractivity contribution in [3.63, 3.8) is 0 Å². The molecule has 4 amide bonds. The number of rotatable bonds is 9. The standard InChI is InChI=1S/C23H26N4O6/c1-15-20(28)26(23(32)27(15)18-9-7-16(13-24)8-10-18)12-11-19(21(29)30)25-22(31)33-14-17-5-3-2-4-6-17/h2-10,15,19H,11-14,24H2,1H3,(H,25,31)(H,29,30). The van der Waals surface area contributed by atoms with Crippen LogP contribution < -0.4 is 16.0 Å². The normalized spacial score (nSPS) is 16.6. The summed E-state index contributed by atoms with van der Waals surface area (Å²) in [7, 11) is 0. The molecule has 174 valence electrons. The first-order valence-electron chi connectivity index (χ1n) is 10.5. The Morgan fingerprint density at radius 2 is 1.76 bits per heavy atom. The maximum atomic E-state index is 12.9. The van der Waals surface area contributed by atoms with Crippen molar-refractivity contribution in [1.29, 1.82) is 0 Å². The molecule has 1 heterocycles. The molecule has 0 aliphatic carbocycles. The van der Waals surface area contributed by atoms with E-state index in [1.165, 1.54) is 4.90 Å². The predicted octanol–water partition coefficient (Wildman–Crippen LogP) is 2.07. The van der Waals surface area contributed by atoms with Gasteiger partial charge in [0, 0.05) is 18.8 Å². The van der Waals surface area contributed by atoms with E-state index in [1.807, 2.05) is 6.07 Å². The topological polar surface area (TPSA) is 142 Å². The Bertz CT molecular complexity index is 1010. The van der Waals surface area contributed by atoms with E-state index in [9.17, 15) is 24.3 Å². The fourth-order valence-corrected chi connectivity index (χ4v) is 3.48. The number of imide groups is 1. The van der Waals surface area contributed by atoms with Crippen molar-refractivity contribution in [2.75, 3.05) is 11.4 Å². The van der Waals surface area contributed by atoms with Crippen LogP contribution in [-0.2, 0) is 27.5 Å². The minimum absolute atomic E-state index is 0.0163. The van der Waals surface area contributed by atoms with Crippen LogP contribution in [0.25, 0.3) is 0 Å². The number of hydrogen-bond donors (Lipinski definition) is 3. The minimum Gasteiger partial charge on any atom is -0.480 e. The molecule has 0 aromatic heterocycles. The third-order valence-corrected chi connectivity index (χ3v) is 5.34. The lowest BCUT2D eigenvalue weighted by Gasteiger charge is -2.20. The second-order valence-electron chi connectivity index (χ2n) is 7.57. The highest BCUT2D eigenvalue weighted by molar-refractivity contribution is 6.14. The van der Waals surface area contributed by atoms with Crippen molar-refractivity contribution < 1.29 is 29.0 Å². The summed E-state index contributed by atoms with van der Waals surface area (Å²) < 4.78 is 5.06. The number of aliphatic carboxylic acids is 1. The average Bonchev–Trinajstić information content (AvgIpc) is 3.03. The molecule has 1 fully saturated rings. The lowest BCUT2D eigenvalue weighted by molar-refractivity contribution is -0.140. The summed E-state index contributed by atoms with van der Waals surface area (Å²) in [6, 6.07) is 13.3. The summed E-state index contributed by atoms with van der Waals surface area (Å²) in [5.41, 5.74) is 7.77. The van der Waals surface area contributed by atoms with Gasteiger partial charge in [-0.3, -0.25) is 14.6 Å². The number of ether oxygens (including phenoxy) is 1. The van der Waals surface area contributed by atoms with Gasteiger partial charge in [0.15, 0.2) is 0 Å². The number of hydrogen-bond acceptors (Lipinski definition) is 6. The molecule has 0 spiro atoms. The van der Waals surface area contributed by atoms with E-state index >= 15 is 0 Å². The summed E-state index contributed by atoms with van der Waals surface area (Å²) in [4.78, 5) is 51.5. The van der Waals surface area contributed by atoms with Gasteiger partial charge in [-0.2, -0.15) is 0 Å². The first-order valence-corrected chi connectivity index (χ1v) is 10.5. The second-order valence-corrected chi connectivity index (χ2v) is 7.57. The Labute approximate surface area is 190 Å². The van der Waals surface area contributed by atoms with Gasteiger partial charge in [0.25, 0.3) is 5.91 Å². The van der Waals surface area contributed by atoms with Gasteiger partial charge in [-0.25, -0.2) is 14.4 Å². The third-order valence-electron chi connectivity index (χ3n) is 5.34. The zero-order valence-corrected chi connectivity index (χ0v) is 18.1. The van der Waals surface area contributed by atoms with Crippen molar-refractivity contribution in [3.05, 3.63) is 65.7 Å². The van der Waals surface area contributed by atoms with Gasteiger partial charge in [-0.15, -0.1) is 0 Å². The van der Waals surface area contributed by atoms with E-state index in [4.69, 9.17) is 10.5 Å². The number of carbonyl (C=O) groups is 4. The van der Waals surface area contributed by atoms with Gasteiger partial charge in [0.2, 0.25) is 0 Å². The molecule has 2 aromatic rings. The van der Waals surface area contributed by atoms with Crippen molar-refractivity contribution >= 4 is 29.7 Å². The average molecular weight is 454 g/mol. The van der Waals surface area contributed by atoms with Gasteiger partial charge in [0.1, 0.15) is 18.7 Å². The number of carboxylic acid groups (broad SMARTS) is 1. The highest BCUT2D eigenvalue weighted by atomic mass is 16.5. The maximum absolute atomic E-state index is 12.9. The number of amides is 4. The van der Waals surface area contributed by atoms with Gasteiger partial charge < -0.3 is 20.9 Å². The number of nitrogens with two attached hydrogens (primary N) is 1. The molecule has 4 N–H and O–H groups in total. The van der Waals surface area contributed by atoms with E-state index < -0.39 is 36.1 Å². The molecule has 3 rings (SSSR count). The Hall–Kier alpha value is -3.92. The van der Waals surface area contributed by atoms with Gasteiger partial charge in [0.05, 0.1) is 0 Å². The second kappa shape index (κ2) is 10.6. The zero-order chi connectivity index (χ0) is 24.0. The molecular weight excluding hydrogens is 428 g/mol. The third kappa shape index (κ3) is 5.66. The Morgan fingerprint density at radius 1 is 1.09 bits per heavy atom. The fourth-order valence-electron chi connectivity index (χ4n) is 3.48. The van der Waals surface area contributed by atoms with E-state index in [2.05, 4.69) is 5.32 Å². The first kappa shape index (κ1) is 23.7. The van der Waals surface area contributed by atoms with Crippen LogP contribution in [0.2, 0.25) is 0 Å². The van der Waals surface area contributed by atoms with Crippen LogP contribution in [0.5, 0.6) is 0 Å². The quantitative estimate of drug-likeness (QED) is 0.492. The van der Waals surface area contributed by atoms with Crippen LogP contribution in [0.3, 0.4) is 0 Å². The summed E-state index contributed by atoms with van der Waals surface area (Å²) >= 11 is 0. The molecule has 10 nitrogen and oxygen atoms in total. The molecule has 0 bridgehead atoms. The number of nitrogens with zero attached hydrogens (tertiary/aromatic N) is 2. The molecule has 1 saturated heterocycles. The van der Waals surface area contributed by atoms with Crippen LogP contribution in [-0.4, -0.2) is 52.6 Å². The molecule has 0 radical (unpaired) electrons. The number of alkyl carbamates (subject to hydrolysis) is 1. The van der Waals surface area contributed by atoms with Crippen molar-refractivity contribution in [1.82, 2.24) is 10.2 Å². The number of urea groups is 1. The van der Waals surface area contributed by atoms with Gasteiger partial charge in [-0.05, 0) is 36.6 Å². The fraction of sp³-hybridized carbons (Fsp3) is 0.304. The van der Waals surface area contributed by atoms with Crippen LogP contribution in [0, 0.1) is 0 Å². The lowest BCUT2D eigenvalue weighted by Crippen LogP contribution is -2.44. The summed E-state index contributed by atoms with van der Waals surface area (Å²) in [6.07, 6.45) is -1.07. The Kier molecular flexibility index (Phi) is 7.62. The Balaban J connectivity index is 1.59. The SMILES string of the molecule is CC1C(=O)N(CCC(NC(=O)OCc2ccccc2)C(=O)O)C(=O)N1c1ccc(CN)cc1. The Morgan fingerprint density at radius 3 is 2.36 bits per heavy atom. The summed E-state index contributed by atoms with van der Waals surface area (Å²) in [6.45, 7) is 1.77. The largest absolute Gasteiger partial charge is 0.480 e. The number of anilines is 1. The molecule has 1 aliphatic heterocycles. The number of carbonyl (C=O) groups excluding carboxylic acids is 3. The molecule has 2 aromatic carbocycles. The van der Waals surface area contributed by atoms with E-state index in [-0.39, 0.29) is 19.6 Å². The van der Waals surface area contributed by atoms with Crippen LogP contribution in [0.1, 0.15) is 24.5 Å². The van der Waals surface area contributed by atoms with Gasteiger partial charge in [-0.1, -0.05) is 42.5 Å². The molecule has 1 aliphatic rings. The smallest absolute Gasteiger partial charge is 0.408 e. The number of benzene rings is 2. The number of carboxylic acids is 1. The molecule has 2 unspecified atom stereocenters. The highest BCUT2D eigenvalue weighted by Crippen LogP contribution is 2.26. The summed E-state index contributed by atoms with van der Waals surface area (Å²) in [5, 5.41) is 11.7. The summed E-state index contributed by atoms with van der Waals surface area (Å²) in [5.74, 6) is -1.74. The van der Waals surface area contributed by atoms with Crippen molar-refractivity contribution in [3.8, 4) is 0 Å². The van der Waals surface area contributed by atoms with Gasteiger partial charge >= 0.3 is 18.1 Å². The molecule has 0 saturated carbocycles. The van der Waals surface area contributed by atoms with Crippen molar-refractivity contribution in [2.45, 2.75) is 38.6 Å². The molecular formula is C23H26N4O6. The maximum Gasteiger partial charge on any atom is 0.408 e. The van der Waals surface area contributed by atoms with E-state index in [0.717, 1.165) is 16.0 Å². The van der Waals surface area contributed by atoms with Crippen LogP contribution in [0.4, 0.5) is 15.3 Å². The molecule has 2 atom stereocenters. The predicted molar refractivity (Wildman–Crippen MR) is 119 cm³/mol. The zero-order valence-electron chi connectivity index (χ0n) is 18.1. The van der Waals surface area contributed by atoms with Crippen LogP contribution >= 0.6 is 0 Å². The van der Waals surface area contributed by atoms with E-state index in [1.54, 1.807) is 55.5 Å². The number of nitrogens with one attached hydrogen (secondary N) is 1.